The fraction of sp³-hybridized carbons (Fsp3) is 0.639. The summed E-state index contributed by atoms with van der Waals surface area (Å²) in [4.78, 5) is 44.1. The van der Waals surface area contributed by atoms with Crippen LogP contribution in [-0.2, 0) is 39.0 Å². The van der Waals surface area contributed by atoms with Gasteiger partial charge in [-0.3, -0.25) is 9.59 Å². The summed E-state index contributed by atoms with van der Waals surface area (Å²) in [5.41, 5.74) is 2.24. The van der Waals surface area contributed by atoms with Crippen molar-refractivity contribution in [2.45, 2.75) is 95.9 Å². The van der Waals surface area contributed by atoms with Crippen molar-refractivity contribution in [2.24, 2.45) is 13.0 Å². The summed E-state index contributed by atoms with van der Waals surface area (Å²) in [6, 6.07) is 9.98. The Kier molecular flexibility index (Phi) is 11.1. The molecule has 5 rings (SSSR count). The molecule has 2 atom stereocenters. The van der Waals surface area contributed by atoms with Gasteiger partial charge in [-0.05, 0) is 107 Å². The zero-order chi connectivity index (χ0) is 32.8. The number of piperidine rings is 1. The lowest BCUT2D eigenvalue weighted by molar-refractivity contribution is -0.139. The first kappa shape index (κ1) is 34.0. The van der Waals surface area contributed by atoms with E-state index in [1.54, 1.807) is 31.3 Å². The number of methoxy groups -OCH3 is 1. The largest absolute Gasteiger partial charge is 0.491 e. The molecule has 3 fully saturated rings. The first-order chi connectivity index (χ1) is 22.0. The lowest BCUT2D eigenvalue weighted by atomic mass is 9.79. The Balaban J connectivity index is 1.39. The molecule has 1 aromatic heterocycles. The van der Waals surface area contributed by atoms with Crippen LogP contribution in [0.5, 0.6) is 5.75 Å². The molecule has 46 heavy (non-hydrogen) atoms. The molecule has 2 aliphatic carbocycles. The average Bonchev–Trinajstić information content (AvgIpc) is 3.94. The normalized spacial score (nSPS) is 20.0. The fourth-order valence-corrected chi connectivity index (χ4v) is 6.15. The Morgan fingerprint density at radius 2 is 1.74 bits per heavy atom. The number of ether oxygens (including phenoxy) is 4. The summed E-state index contributed by atoms with van der Waals surface area (Å²) >= 11 is 0. The molecule has 0 spiro atoms. The second-order valence-corrected chi connectivity index (χ2v) is 14.0. The Bertz CT molecular complexity index is 1410. The molecule has 2 saturated carbocycles. The summed E-state index contributed by atoms with van der Waals surface area (Å²) in [6.07, 6.45) is 8.16. The summed E-state index contributed by atoms with van der Waals surface area (Å²) < 4.78 is 24.4. The van der Waals surface area contributed by atoms with Crippen LogP contribution >= 0.6 is 0 Å². The number of hydrogen-bond donors (Lipinski definition) is 0. The molecule has 1 aromatic carbocycles. The van der Waals surface area contributed by atoms with E-state index in [2.05, 4.69) is 12.1 Å². The van der Waals surface area contributed by atoms with Crippen molar-refractivity contribution >= 4 is 12.0 Å². The average molecular weight is 638 g/mol. The summed E-state index contributed by atoms with van der Waals surface area (Å²) in [5.74, 6) is 0.0898. The number of aryl methyl sites for hydroxylation is 2. The van der Waals surface area contributed by atoms with Gasteiger partial charge in [0.2, 0.25) is 5.91 Å². The van der Waals surface area contributed by atoms with Crippen molar-refractivity contribution < 1.29 is 28.5 Å². The monoisotopic (exact) mass is 637 g/mol. The minimum Gasteiger partial charge on any atom is -0.491 e. The minimum atomic E-state index is -0.642. The Hall–Kier alpha value is -3.37. The quantitative estimate of drug-likeness (QED) is 0.267. The van der Waals surface area contributed by atoms with Crippen molar-refractivity contribution in [2.75, 3.05) is 40.0 Å². The van der Waals surface area contributed by atoms with Gasteiger partial charge >= 0.3 is 6.09 Å². The van der Waals surface area contributed by atoms with Gasteiger partial charge in [0.1, 0.15) is 18.0 Å². The number of carbonyl (C=O) groups excluding carboxylic acids is 2. The van der Waals surface area contributed by atoms with E-state index in [4.69, 9.17) is 18.9 Å². The SMILES string of the molecule is COCCCc1cc(CN(C(=O)C2CN(C(=O)OC(C)(C)C)CCC2c2ccn(C)c(=O)c2)C2CC2)cc(OCCOC2CC2)c1. The molecular weight excluding hydrogens is 586 g/mol. The van der Waals surface area contributed by atoms with Crippen LogP contribution in [0, 0.1) is 5.92 Å². The molecular formula is C36H51N3O7. The molecule has 2 amide bonds. The highest BCUT2D eigenvalue weighted by atomic mass is 16.6. The first-order valence-corrected chi connectivity index (χ1v) is 16.8. The summed E-state index contributed by atoms with van der Waals surface area (Å²) in [7, 11) is 3.43. The maximum Gasteiger partial charge on any atom is 0.410 e. The highest BCUT2D eigenvalue weighted by Gasteiger charge is 2.43. The van der Waals surface area contributed by atoms with E-state index in [9.17, 15) is 14.4 Å². The Morgan fingerprint density at radius 3 is 2.41 bits per heavy atom. The molecule has 2 heterocycles. The second-order valence-electron chi connectivity index (χ2n) is 14.0. The van der Waals surface area contributed by atoms with Gasteiger partial charge < -0.3 is 33.3 Å². The van der Waals surface area contributed by atoms with E-state index in [0.29, 0.717) is 45.4 Å². The number of hydrogen-bond acceptors (Lipinski definition) is 7. The predicted octanol–water partition coefficient (Wildman–Crippen LogP) is 5.05. The Labute approximate surface area is 272 Å². The van der Waals surface area contributed by atoms with Gasteiger partial charge in [-0.15, -0.1) is 0 Å². The van der Waals surface area contributed by atoms with Crippen molar-refractivity contribution in [3.8, 4) is 5.75 Å². The number of rotatable bonds is 14. The molecule has 0 N–H and O–H groups in total. The van der Waals surface area contributed by atoms with E-state index in [1.807, 2.05) is 37.8 Å². The van der Waals surface area contributed by atoms with Crippen molar-refractivity contribution in [1.82, 2.24) is 14.4 Å². The third-order valence-corrected chi connectivity index (χ3v) is 8.83. The molecule has 0 radical (unpaired) electrons. The molecule has 0 bridgehead atoms. The third-order valence-electron chi connectivity index (χ3n) is 8.83. The smallest absolute Gasteiger partial charge is 0.410 e. The van der Waals surface area contributed by atoms with Crippen LogP contribution in [-0.4, -0.2) is 84.1 Å². The molecule has 10 heteroatoms. The van der Waals surface area contributed by atoms with E-state index >= 15 is 0 Å². The van der Waals surface area contributed by atoms with E-state index in [0.717, 1.165) is 61.0 Å². The number of amides is 2. The number of benzene rings is 1. The van der Waals surface area contributed by atoms with Crippen LogP contribution < -0.4 is 10.3 Å². The van der Waals surface area contributed by atoms with E-state index in [1.165, 1.54) is 4.57 Å². The Morgan fingerprint density at radius 1 is 0.978 bits per heavy atom. The number of aromatic nitrogens is 1. The molecule has 1 saturated heterocycles. The second kappa shape index (κ2) is 15.0. The molecule has 1 aliphatic heterocycles. The number of nitrogens with zero attached hydrogens (tertiary/aromatic N) is 3. The predicted molar refractivity (Wildman–Crippen MR) is 175 cm³/mol. The van der Waals surface area contributed by atoms with Gasteiger partial charge in [0.05, 0.1) is 18.6 Å². The molecule has 2 aromatic rings. The van der Waals surface area contributed by atoms with Crippen LogP contribution in [0.1, 0.15) is 81.9 Å². The lowest BCUT2D eigenvalue weighted by Crippen LogP contribution is -2.51. The molecule has 3 aliphatic rings. The van der Waals surface area contributed by atoms with Gasteiger partial charge in [-0.1, -0.05) is 6.07 Å². The lowest BCUT2D eigenvalue weighted by Gasteiger charge is -2.40. The van der Waals surface area contributed by atoms with Crippen LogP contribution in [0.4, 0.5) is 4.79 Å². The highest BCUT2D eigenvalue weighted by molar-refractivity contribution is 5.82. The van der Waals surface area contributed by atoms with Gasteiger partial charge in [0, 0.05) is 58.7 Å². The number of pyridine rings is 1. The number of likely N-dealkylation sites (tertiary alicyclic amines) is 1. The zero-order valence-electron chi connectivity index (χ0n) is 28.2. The van der Waals surface area contributed by atoms with Crippen LogP contribution in [0.15, 0.2) is 41.3 Å². The van der Waals surface area contributed by atoms with Crippen LogP contribution in [0.3, 0.4) is 0 Å². The standard InChI is InChI=1S/C36H51N3O7/c1-36(2,3)46-35(42)38-15-13-31(27-12-14-37(4)33(40)22-27)32(24-38)34(41)39(28-8-9-28)23-26-19-25(7-6-16-43-5)20-30(21-26)45-18-17-44-29-10-11-29/h12,14,19-22,28-29,31-32H,6-11,13,15-18,23-24H2,1-5H3. The third kappa shape index (κ3) is 9.58. The summed E-state index contributed by atoms with van der Waals surface area (Å²) in [5, 5.41) is 0. The van der Waals surface area contributed by atoms with Gasteiger partial charge in [-0.2, -0.15) is 0 Å². The van der Waals surface area contributed by atoms with Crippen LogP contribution in [0.25, 0.3) is 0 Å². The maximum absolute atomic E-state index is 14.6. The van der Waals surface area contributed by atoms with Gasteiger partial charge in [-0.25, -0.2) is 4.79 Å². The molecule has 10 nitrogen and oxygen atoms in total. The first-order valence-electron chi connectivity index (χ1n) is 16.8. The van der Waals surface area contributed by atoms with E-state index < -0.39 is 17.6 Å². The van der Waals surface area contributed by atoms with Crippen molar-refractivity contribution in [3.63, 3.8) is 0 Å². The molecule has 2 unspecified atom stereocenters. The molecule has 252 valence electrons. The zero-order valence-corrected chi connectivity index (χ0v) is 28.2. The van der Waals surface area contributed by atoms with Gasteiger partial charge in [0.15, 0.2) is 0 Å². The summed E-state index contributed by atoms with van der Waals surface area (Å²) in [6.45, 7) is 8.37. The fourth-order valence-electron chi connectivity index (χ4n) is 6.15. The van der Waals surface area contributed by atoms with E-state index in [-0.39, 0.29) is 30.0 Å². The van der Waals surface area contributed by atoms with Crippen molar-refractivity contribution in [1.29, 1.82) is 0 Å². The topological polar surface area (TPSA) is 99.5 Å². The maximum atomic E-state index is 14.6. The minimum absolute atomic E-state index is 0.00604. The van der Waals surface area contributed by atoms with Crippen molar-refractivity contribution in [3.05, 3.63) is 63.6 Å². The number of carbonyl (C=O) groups is 2. The van der Waals surface area contributed by atoms with Gasteiger partial charge in [0.25, 0.3) is 5.56 Å². The van der Waals surface area contributed by atoms with Crippen LogP contribution in [0.2, 0.25) is 0 Å². The highest BCUT2D eigenvalue weighted by Crippen LogP contribution is 2.38.